The summed E-state index contributed by atoms with van der Waals surface area (Å²) < 4.78 is 14.3. The summed E-state index contributed by atoms with van der Waals surface area (Å²) in [4.78, 5) is 22.0. The van der Waals surface area contributed by atoms with Gasteiger partial charge in [0.05, 0.1) is 0 Å². The van der Waals surface area contributed by atoms with E-state index in [4.69, 9.17) is 9.47 Å². The minimum Gasteiger partial charge on any atom is -0.459 e. The Morgan fingerprint density at radius 1 is 1.12 bits per heavy atom. The minimum absolute atomic E-state index is 0.00899. The van der Waals surface area contributed by atoms with Gasteiger partial charge in [-0.2, -0.15) is 0 Å². The van der Waals surface area contributed by atoms with E-state index in [9.17, 15) is 9.59 Å². The largest absolute Gasteiger partial charge is 0.508 e. The predicted molar refractivity (Wildman–Crippen MR) is 58.0 cm³/mol. The zero-order valence-corrected chi connectivity index (χ0v) is 10.2. The molecule has 5 heteroatoms. The molecule has 0 fully saturated rings. The van der Waals surface area contributed by atoms with Crippen molar-refractivity contribution < 1.29 is 23.8 Å². The molecule has 0 unspecified atom stereocenters. The van der Waals surface area contributed by atoms with Crippen molar-refractivity contribution in [2.24, 2.45) is 0 Å². The van der Waals surface area contributed by atoms with Crippen molar-refractivity contribution in [1.82, 2.24) is 0 Å². The smallest absolute Gasteiger partial charge is 0.459 e. The molecule has 0 rings (SSSR count). The molecule has 0 radical (unpaired) electrons. The molecule has 0 heterocycles. The number of esters is 1. The topological polar surface area (TPSA) is 61.8 Å². The van der Waals surface area contributed by atoms with Crippen LogP contribution in [0.3, 0.4) is 0 Å². The molecule has 0 spiro atoms. The highest BCUT2D eigenvalue weighted by atomic mass is 16.7. The molecule has 0 aromatic carbocycles. The molecule has 0 bridgehead atoms. The summed E-state index contributed by atoms with van der Waals surface area (Å²) >= 11 is 0. The second-order valence-corrected chi connectivity index (χ2v) is 4.23. The van der Waals surface area contributed by atoms with Gasteiger partial charge in [0.25, 0.3) is 0 Å². The van der Waals surface area contributed by atoms with Crippen LogP contribution in [0.2, 0.25) is 0 Å². The summed E-state index contributed by atoms with van der Waals surface area (Å²) in [6.45, 7) is 10.1. The zero-order chi connectivity index (χ0) is 12.8. The summed E-state index contributed by atoms with van der Waals surface area (Å²) in [5, 5.41) is 0. The summed E-state index contributed by atoms with van der Waals surface area (Å²) in [5.41, 5.74) is -0.289. The maximum Gasteiger partial charge on any atom is 0.508 e. The Kier molecular flexibility index (Phi) is 5.56. The van der Waals surface area contributed by atoms with Crippen molar-refractivity contribution >= 4 is 12.1 Å². The Bertz CT molecular complexity index is 275. The van der Waals surface area contributed by atoms with E-state index in [0.29, 0.717) is 5.57 Å². The van der Waals surface area contributed by atoms with Crippen molar-refractivity contribution in [3.63, 3.8) is 0 Å². The molecule has 0 aromatic heterocycles. The summed E-state index contributed by atoms with van der Waals surface area (Å²) in [5.74, 6) is -0.507. The zero-order valence-electron chi connectivity index (χ0n) is 10.2. The highest BCUT2D eigenvalue weighted by Gasteiger charge is 2.17. The lowest BCUT2D eigenvalue weighted by atomic mass is 10.2. The lowest BCUT2D eigenvalue weighted by molar-refractivity contribution is -0.140. The van der Waals surface area contributed by atoms with E-state index in [0.717, 1.165) is 0 Å². The van der Waals surface area contributed by atoms with Gasteiger partial charge in [-0.05, 0) is 27.7 Å². The third-order valence-electron chi connectivity index (χ3n) is 1.27. The first-order chi connectivity index (χ1) is 7.22. The van der Waals surface area contributed by atoms with Crippen LogP contribution in [0.4, 0.5) is 4.79 Å². The van der Waals surface area contributed by atoms with Gasteiger partial charge < -0.3 is 14.2 Å². The third kappa shape index (κ3) is 7.84. The predicted octanol–water partition coefficient (Wildman–Crippen LogP) is 2.06. The Labute approximate surface area is 95.4 Å². The quantitative estimate of drug-likeness (QED) is 0.420. The van der Waals surface area contributed by atoms with Crippen molar-refractivity contribution in [1.29, 1.82) is 0 Å². The van der Waals surface area contributed by atoms with Crippen LogP contribution >= 0.6 is 0 Å². The molecule has 0 saturated carbocycles. The van der Waals surface area contributed by atoms with E-state index < -0.39 is 17.7 Å². The average Bonchev–Trinajstić information content (AvgIpc) is 2.08. The van der Waals surface area contributed by atoms with Crippen LogP contribution in [0.25, 0.3) is 0 Å². The fraction of sp³-hybridized carbons (Fsp3) is 0.636. The number of rotatable bonds is 4. The van der Waals surface area contributed by atoms with Crippen LogP contribution in [-0.4, -0.2) is 30.9 Å². The molecule has 92 valence electrons. The van der Waals surface area contributed by atoms with Crippen LogP contribution in [0.1, 0.15) is 27.7 Å². The van der Waals surface area contributed by atoms with Gasteiger partial charge in [-0.1, -0.05) is 6.58 Å². The standard InChI is InChI=1S/C11H18O5/c1-8(2)9(12)14-6-7-15-10(13)16-11(3,4)5/h1,6-7H2,2-5H3. The molecule has 0 amide bonds. The molecule has 0 aliphatic carbocycles. The monoisotopic (exact) mass is 230 g/mol. The normalized spacial score (nSPS) is 10.5. The molecule has 0 N–H and O–H groups in total. The highest BCUT2D eigenvalue weighted by Crippen LogP contribution is 2.07. The Morgan fingerprint density at radius 3 is 2.06 bits per heavy atom. The summed E-state index contributed by atoms with van der Waals surface area (Å²) in [6, 6.07) is 0. The Morgan fingerprint density at radius 2 is 1.62 bits per heavy atom. The SMILES string of the molecule is C=C(C)C(=O)OCCOC(=O)OC(C)(C)C. The number of carbonyl (C=O) groups excluding carboxylic acids is 2. The van der Waals surface area contributed by atoms with Gasteiger partial charge in [-0.25, -0.2) is 9.59 Å². The lowest BCUT2D eigenvalue weighted by Gasteiger charge is -2.18. The summed E-state index contributed by atoms with van der Waals surface area (Å²) in [6.07, 6.45) is -0.779. The first kappa shape index (κ1) is 14.5. The third-order valence-corrected chi connectivity index (χ3v) is 1.27. The van der Waals surface area contributed by atoms with Gasteiger partial charge in [0.1, 0.15) is 18.8 Å². The molecule has 0 saturated heterocycles. The van der Waals surface area contributed by atoms with Gasteiger partial charge in [-0.3, -0.25) is 0 Å². The number of hydrogen-bond acceptors (Lipinski definition) is 5. The highest BCUT2D eigenvalue weighted by molar-refractivity contribution is 5.86. The molecule has 0 aliphatic rings. The van der Waals surface area contributed by atoms with Gasteiger partial charge >= 0.3 is 12.1 Å². The average molecular weight is 230 g/mol. The van der Waals surface area contributed by atoms with Crippen LogP contribution in [0.5, 0.6) is 0 Å². The second-order valence-electron chi connectivity index (χ2n) is 4.23. The maximum absolute atomic E-state index is 11.0. The minimum atomic E-state index is -0.779. The molecule has 5 nitrogen and oxygen atoms in total. The van der Waals surface area contributed by atoms with E-state index in [2.05, 4.69) is 11.3 Å². The molecule has 0 aliphatic heterocycles. The lowest BCUT2D eigenvalue weighted by Crippen LogP contribution is -2.25. The molecule has 0 atom stereocenters. The Balaban J connectivity index is 3.64. The van der Waals surface area contributed by atoms with E-state index in [-0.39, 0.29) is 13.2 Å². The van der Waals surface area contributed by atoms with Crippen LogP contribution in [0.15, 0.2) is 12.2 Å². The first-order valence-corrected chi connectivity index (χ1v) is 4.91. The number of carbonyl (C=O) groups is 2. The number of ether oxygens (including phenoxy) is 3. The molecular weight excluding hydrogens is 212 g/mol. The van der Waals surface area contributed by atoms with Crippen molar-refractivity contribution in [3.8, 4) is 0 Å². The first-order valence-electron chi connectivity index (χ1n) is 4.91. The molecular formula is C11H18O5. The number of hydrogen-bond donors (Lipinski definition) is 0. The van der Waals surface area contributed by atoms with E-state index in [1.807, 2.05) is 0 Å². The van der Waals surface area contributed by atoms with Gasteiger partial charge in [0.15, 0.2) is 0 Å². The van der Waals surface area contributed by atoms with Gasteiger partial charge in [-0.15, -0.1) is 0 Å². The molecule has 0 aromatic rings. The summed E-state index contributed by atoms with van der Waals surface area (Å²) in [7, 11) is 0. The maximum atomic E-state index is 11.0. The van der Waals surface area contributed by atoms with Crippen LogP contribution in [0, 0.1) is 0 Å². The van der Waals surface area contributed by atoms with Crippen LogP contribution < -0.4 is 0 Å². The van der Waals surface area contributed by atoms with Crippen molar-refractivity contribution in [2.75, 3.05) is 13.2 Å². The van der Waals surface area contributed by atoms with Crippen molar-refractivity contribution in [2.45, 2.75) is 33.3 Å². The molecule has 16 heavy (non-hydrogen) atoms. The van der Waals surface area contributed by atoms with E-state index in [1.54, 1.807) is 20.8 Å². The second kappa shape index (κ2) is 6.15. The Hall–Kier alpha value is -1.52. The van der Waals surface area contributed by atoms with E-state index in [1.165, 1.54) is 6.92 Å². The van der Waals surface area contributed by atoms with Crippen molar-refractivity contribution in [3.05, 3.63) is 12.2 Å². The van der Waals surface area contributed by atoms with Crippen LogP contribution in [-0.2, 0) is 19.0 Å². The fourth-order valence-electron chi connectivity index (χ4n) is 0.662. The van der Waals surface area contributed by atoms with Gasteiger partial charge in [0.2, 0.25) is 0 Å². The fourth-order valence-corrected chi connectivity index (χ4v) is 0.662. The van der Waals surface area contributed by atoms with Gasteiger partial charge in [0, 0.05) is 5.57 Å². The van der Waals surface area contributed by atoms with E-state index >= 15 is 0 Å².